The van der Waals surface area contributed by atoms with Gasteiger partial charge in [0.1, 0.15) is 12.4 Å². The number of ether oxygens (including phenoxy) is 1. The molecule has 0 aromatic heterocycles. The summed E-state index contributed by atoms with van der Waals surface area (Å²) in [5, 5.41) is 16.1. The van der Waals surface area contributed by atoms with Crippen molar-refractivity contribution in [3.63, 3.8) is 0 Å². The van der Waals surface area contributed by atoms with Crippen molar-refractivity contribution in [2.24, 2.45) is 0 Å². The number of piperidine rings is 1. The zero-order chi connectivity index (χ0) is 30.3. The fraction of sp³-hybridized carbons (Fsp3) is 0.429. The van der Waals surface area contributed by atoms with Crippen LogP contribution in [-0.2, 0) is 16.0 Å². The number of hydrogen-bond acceptors (Lipinski definition) is 6. The van der Waals surface area contributed by atoms with Crippen LogP contribution in [0.15, 0.2) is 78.9 Å². The third kappa shape index (κ3) is 10.4. The predicted octanol–water partition coefficient (Wildman–Crippen LogP) is 6.25. The van der Waals surface area contributed by atoms with Gasteiger partial charge in [0.15, 0.2) is 0 Å². The molecule has 8 heteroatoms. The third-order valence-electron chi connectivity index (χ3n) is 7.82. The van der Waals surface area contributed by atoms with E-state index in [0.717, 1.165) is 87.9 Å². The number of aromatic hydroxyl groups is 1. The quantitative estimate of drug-likeness (QED) is 0.205. The second-order valence-electron chi connectivity index (χ2n) is 11.2. The molecular formula is C35H46N4O4. The number of unbranched alkanes of at least 4 members (excludes halogenated alkanes) is 2. The number of hydrazine groups is 1. The summed E-state index contributed by atoms with van der Waals surface area (Å²) in [5.74, 6) is 0.193. The first-order valence-corrected chi connectivity index (χ1v) is 15.6. The Morgan fingerprint density at radius 2 is 1.58 bits per heavy atom. The number of hydrogen-bond donors (Lipinski definition) is 2. The number of likely N-dealkylation sites (N-methyl/N-ethyl adjacent to an activating group) is 1. The number of phenols is 1. The Labute approximate surface area is 256 Å². The summed E-state index contributed by atoms with van der Waals surface area (Å²) in [6.07, 6.45) is 6.85. The van der Waals surface area contributed by atoms with Crippen molar-refractivity contribution in [2.45, 2.75) is 51.4 Å². The second kappa shape index (κ2) is 17.3. The minimum Gasteiger partial charge on any atom is -0.508 e. The van der Waals surface area contributed by atoms with Crippen LogP contribution < -0.4 is 10.3 Å². The standard InChI is InChI=1S/C35H46N4O4/c1-37(27-21-29-17-19-31(40)20-18-29)24-10-3-9-23-36-34(41)22-28-43-35(42)39(38-25-11-4-12-26-38)33-16-8-7-15-32(33)30-13-5-2-6-14-30/h2,5-8,13-20,40H,3-4,9-12,21-28H2,1H3,(H,36,41). The molecule has 0 atom stereocenters. The zero-order valence-corrected chi connectivity index (χ0v) is 25.4. The Morgan fingerprint density at radius 1 is 0.860 bits per heavy atom. The minimum atomic E-state index is -0.451. The van der Waals surface area contributed by atoms with E-state index in [4.69, 9.17) is 4.74 Å². The molecule has 43 heavy (non-hydrogen) atoms. The second-order valence-corrected chi connectivity index (χ2v) is 11.2. The van der Waals surface area contributed by atoms with Crippen LogP contribution in [-0.4, -0.2) is 73.4 Å². The van der Waals surface area contributed by atoms with Crippen molar-refractivity contribution < 1.29 is 19.4 Å². The van der Waals surface area contributed by atoms with E-state index in [0.29, 0.717) is 12.3 Å². The number of anilines is 1. The lowest BCUT2D eigenvalue weighted by Gasteiger charge is -2.37. The van der Waals surface area contributed by atoms with Crippen LogP contribution in [0, 0.1) is 0 Å². The maximum atomic E-state index is 13.5. The van der Waals surface area contributed by atoms with Gasteiger partial charge in [-0.15, -0.1) is 0 Å². The molecule has 2 N–H and O–H groups in total. The van der Waals surface area contributed by atoms with Gasteiger partial charge >= 0.3 is 6.09 Å². The number of carbonyl (C=O) groups excluding carboxylic acids is 2. The molecule has 1 fully saturated rings. The molecule has 0 unspecified atom stereocenters. The van der Waals surface area contributed by atoms with E-state index >= 15 is 0 Å². The summed E-state index contributed by atoms with van der Waals surface area (Å²) in [6, 6.07) is 25.3. The molecule has 1 saturated heterocycles. The molecule has 0 bridgehead atoms. The molecule has 230 valence electrons. The highest BCUT2D eigenvalue weighted by Gasteiger charge is 2.28. The average Bonchev–Trinajstić information content (AvgIpc) is 3.04. The number of para-hydroxylation sites is 1. The molecule has 8 nitrogen and oxygen atoms in total. The molecule has 4 rings (SSSR count). The summed E-state index contributed by atoms with van der Waals surface area (Å²) in [7, 11) is 2.12. The molecule has 0 spiro atoms. The molecule has 0 saturated carbocycles. The van der Waals surface area contributed by atoms with Gasteiger partial charge in [0.25, 0.3) is 0 Å². The van der Waals surface area contributed by atoms with E-state index in [1.54, 1.807) is 17.1 Å². The number of phenolic OH excluding ortho intramolecular Hbond substituents is 1. The molecule has 1 aliphatic heterocycles. The average molecular weight is 587 g/mol. The van der Waals surface area contributed by atoms with Gasteiger partial charge in [0, 0.05) is 31.7 Å². The molecule has 0 aliphatic carbocycles. The number of nitrogens with one attached hydrogen (secondary N) is 1. The highest BCUT2D eigenvalue weighted by Crippen LogP contribution is 2.33. The van der Waals surface area contributed by atoms with Crippen molar-refractivity contribution in [3.05, 3.63) is 84.4 Å². The first-order chi connectivity index (χ1) is 21.0. The Kier molecular flexibility index (Phi) is 12.9. The summed E-state index contributed by atoms with van der Waals surface area (Å²) in [4.78, 5) is 28.2. The minimum absolute atomic E-state index is 0.0360. The van der Waals surface area contributed by atoms with Gasteiger partial charge in [-0.1, -0.05) is 73.5 Å². The van der Waals surface area contributed by atoms with E-state index in [9.17, 15) is 14.7 Å². The van der Waals surface area contributed by atoms with Gasteiger partial charge in [-0.25, -0.2) is 14.8 Å². The van der Waals surface area contributed by atoms with E-state index < -0.39 is 6.09 Å². The largest absolute Gasteiger partial charge is 0.508 e. The first kappa shape index (κ1) is 32.0. The number of rotatable bonds is 15. The van der Waals surface area contributed by atoms with E-state index in [1.165, 1.54) is 5.56 Å². The van der Waals surface area contributed by atoms with Gasteiger partial charge < -0.3 is 20.1 Å². The maximum Gasteiger partial charge on any atom is 0.429 e. The van der Waals surface area contributed by atoms with Crippen LogP contribution in [0.5, 0.6) is 5.75 Å². The van der Waals surface area contributed by atoms with Crippen molar-refractivity contribution >= 4 is 17.7 Å². The summed E-state index contributed by atoms with van der Waals surface area (Å²) in [6.45, 7) is 4.19. The highest BCUT2D eigenvalue weighted by atomic mass is 16.6. The lowest BCUT2D eigenvalue weighted by Crippen LogP contribution is -2.49. The predicted molar refractivity (Wildman–Crippen MR) is 172 cm³/mol. The van der Waals surface area contributed by atoms with Crippen LogP contribution in [0.3, 0.4) is 0 Å². The van der Waals surface area contributed by atoms with Crippen LogP contribution in [0.25, 0.3) is 11.1 Å². The van der Waals surface area contributed by atoms with Crippen molar-refractivity contribution in [3.8, 4) is 16.9 Å². The SMILES string of the molecule is CN(CCCCCNC(=O)CCOC(=O)N(c1ccccc1-c1ccccc1)N1CCCCC1)CCc1ccc(O)cc1. The number of amides is 2. The zero-order valence-electron chi connectivity index (χ0n) is 25.4. The molecular weight excluding hydrogens is 540 g/mol. The molecule has 1 aliphatic rings. The molecule has 3 aromatic carbocycles. The van der Waals surface area contributed by atoms with Crippen molar-refractivity contribution in [1.29, 1.82) is 0 Å². The number of nitrogens with zero attached hydrogens (tertiary/aromatic N) is 3. The summed E-state index contributed by atoms with van der Waals surface area (Å²) in [5.41, 5.74) is 4.00. The maximum absolute atomic E-state index is 13.5. The Balaban J connectivity index is 1.17. The van der Waals surface area contributed by atoms with Crippen LogP contribution in [0.1, 0.15) is 50.5 Å². The monoisotopic (exact) mass is 586 g/mol. The number of carbonyl (C=O) groups is 2. The van der Waals surface area contributed by atoms with Crippen molar-refractivity contribution in [2.75, 3.05) is 51.4 Å². The fourth-order valence-corrected chi connectivity index (χ4v) is 5.35. The normalized spacial score (nSPS) is 13.5. The van der Waals surface area contributed by atoms with E-state index in [-0.39, 0.29) is 18.9 Å². The Bertz CT molecular complexity index is 1260. The van der Waals surface area contributed by atoms with Crippen molar-refractivity contribution in [1.82, 2.24) is 15.2 Å². The van der Waals surface area contributed by atoms with Gasteiger partial charge in [-0.05, 0) is 75.0 Å². The lowest BCUT2D eigenvalue weighted by atomic mass is 10.0. The van der Waals surface area contributed by atoms with Gasteiger partial charge in [0.2, 0.25) is 5.91 Å². The Hall–Kier alpha value is -3.88. The summed E-state index contributed by atoms with van der Waals surface area (Å²) >= 11 is 0. The van der Waals surface area contributed by atoms with Gasteiger partial charge in [-0.2, -0.15) is 0 Å². The molecule has 1 heterocycles. The van der Waals surface area contributed by atoms with Crippen LogP contribution in [0.2, 0.25) is 0 Å². The molecule has 0 radical (unpaired) electrons. The van der Waals surface area contributed by atoms with E-state index in [1.807, 2.05) is 66.7 Å². The van der Waals surface area contributed by atoms with Gasteiger partial charge in [-0.3, -0.25) is 4.79 Å². The fourth-order valence-electron chi connectivity index (χ4n) is 5.35. The van der Waals surface area contributed by atoms with Crippen LogP contribution in [0.4, 0.5) is 10.5 Å². The smallest absolute Gasteiger partial charge is 0.429 e. The van der Waals surface area contributed by atoms with Gasteiger partial charge in [0.05, 0.1) is 12.1 Å². The lowest BCUT2D eigenvalue weighted by molar-refractivity contribution is -0.121. The topological polar surface area (TPSA) is 85.4 Å². The first-order valence-electron chi connectivity index (χ1n) is 15.6. The number of benzene rings is 3. The van der Waals surface area contributed by atoms with Crippen LogP contribution >= 0.6 is 0 Å². The summed E-state index contributed by atoms with van der Waals surface area (Å²) < 4.78 is 5.67. The molecule has 3 aromatic rings. The van der Waals surface area contributed by atoms with E-state index in [2.05, 4.69) is 22.3 Å². The molecule has 2 amide bonds. The highest BCUT2D eigenvalue weighted by molar-refractivity contribution is 5.93. The Morgan fingerprint density at radius 3 is 2.35 bits per heavy atom. The third-order valence-corrected chi connectivity index (χ3v) is 7.82.